The van der Waals surface area contributed by atoms with E-state index in [9.17, 15) is 18.0 Å². The Labute approximate surface area is 195 Å². The van der Waals surface area contributed by atoms with E-state index in [-0.39, 0.29) is 29.2 Å². The van der Waals surface area contributed by atoms with Crippen molar-refractivity contribution < 1.29 is 18.0 Å². The molecule has 0 radical (unpaired) electrons. The molecule has 2 aliphatic heterocycles. The van der Waals surface area contributed by atoms with E-state index < -0.39 is 10.0 Å². The number of sulfonamides is 1. The van der Waals surface area contributed by atoms with Crippen LogP contribution in [0.2, 0.25) is 0 Å². The van der Waals surface area contributed by atoms with E-state index in [1.54, 1.807) is 24.3 Å². The summed E-state index contributed by atoms with van der Waals surface area (Å²) >= 11 is 0. The van der Waals surface area contributed by atoms with Gasteiger partial charge in [-0.25, -0.2) is 8.42 Å². The summed E-state index contributed by atoms with van der Waals surface area (Å²) in [6.45, 7) is 4.38. The van der Waals surface area contributed by atoms with Gasteiger partial charge in [-0.3, -0.25) is 9.59 Å². The van der Waals surface area contributed by atoms with E-state index in [1.165, 1.54) is 4.31 Å². The predicted octanol–water partition coefficient (Wildman–Crippen LogP) is 2.83. The number of hydrogen-bond acceptors (Lipinski definition) is 4. The van der Waals surface area contributed by atoms with E-state index in [0.717, 1.165) is 29.7 Å². The third kappa shape index (κ3) is 5.62. The zero-order valence-corrected chi connectivity index (χ0v) is 19.8. The lowest BCUT2D eigenvalue weighted by molar-refractivity contribution is -0.128. The molecule has 2 aromatic rings. The van der Waals surface area contributed by atoms with Gasteiger partial charge in [0, 0.05) is 39.1 Å². The van der Waals surface area contributed by atoms with Crippen molar-refractivity contribution in [3.63, 3.8) is 0 Å². The Hall–Kier alpha value is -2.71. The first-order valence-electron chi connectivity index (χ1n) is 11.5. The fourth-order valence-electron chi connectivity index (χ4n) is 4.42. The molecule has 2 amide bonds. The van der Waals surface area contributed by atoms with E-state index in [4.69, 9.17) is 0 Å². The summed E-state index contributed by atoms with van der Waals surface area (Å²) in [7, 11) is -3.61. The highest BCUT2D eigenvalue weighted by molar-refractivity contribution is 7.89. The van der Waals surface area contributed by atoms with Gasteiger partial charge in [-0.05, 0) is 49.4 Å². The van der Waals surface area contributed by atoms with Gasteiger partial charge in [0.1, 0.15) is 0 Å². The molecule has 7 nitrogen and oxygen atoms in total. The zero-order valence-electron chi connectivity index (χ0n) is 19.0. The van der Waals surface area contributed by atoms with Gasteiger partial charge < -0.3 is 10.2 Å². The van der Waals surface area contributed by atoms with Gasteiger partial charge in [0.25, 0.3) is 0 Å². The first kappa shape index (κ1) is 23.4. The number of rotatable bonds is 7. The molecule has 2 aliphatic rings. The number of aryl methyl sites for hydroxylation is 1. The van der Waals surface area contributed by atoms with E-state index in [2.05, 4.69) is 5.32 Å². The van der Waals surface area contributed by atoms with Crippen molar-refractivity contribution in [2.45, 2.75) is 50.6 Å². The van der Waals surface area contributed by atoms with Crippen LogP contribution in [0.3, 0.4) is 0 Å². The Morgan fingerprint density at radius 1 is 1.00 bits per heavy atom. The van der Waals surface area contributed by atoms with Gasteiger partial charge in [0.2, 0.25) is 21.8 Å². The molecule has 2 aromatic carbocycles. The fourth-order valence-corrected chi connectivity index (χ4v) is 5.95. The number of likely N-dealkylation sites (tertiary alicyclic amines) is 1. The number of nitrogens with zero attached hydrogens (tertiary/aromatic N) is 2. The van der Waals surface area contributed by atoms with Crippen LogP contribution in [0, 0.1) is 12.8 Å². The molecule has 2 fully saturated rings. The second kappa shape index (κ2) is 10.1. The van der Waals surface area contributed by atoms with Gasteiger partial charge in [0.15, 0.2) is 0 Å². The first-order chi connectivity index (χ1) is 15.8. The summed E-state index contributed by atoms with van der Waals surface area (Å²) in [5.74, 6) is -0.276. The highest BCUT2D eigenvalue weighted by atomic mass is 32.2. The average Bonchev–Trinajstić information content (AvgIpc) is 3.23. The molecule has 0 saturated carbocycles. The Morgan fingerprint density at radius 2 is 1.70 bits per heavy atom. The number of hydrogen-bond donors (Lipinski definition) is 1. The normalized spacial score (nSPS) is 19.6. The number of carbonyl (C=O) groups is 2. The Balaban J connectivity index is 1.31. The highest BCUT2D eigenvalue weighted by Gasteiger charge is 2.33. The van der Waals surface area contributed by atoms with Crippen LogP contribution in [0.15, 0.2) is 53.4 Å². The lowest BCUT2D eigenvalue weighted by Crippen LogP contribution is -2.45. The molecule has 8 heteroatoms. The third-order valence-electron chi connectivity index (χ3n) is 6.45. The molecular formula is C25H31N3O4S. The Morgan fingerprint density at radius 3 is 2.36 bits per heavy atom. The number of benzene rings is 2. The Bertz CT molecular complexity index is 1100. The summed E-state index contributed by atoms with van der Waals surface area (Å²) < 4.78 is 27.4. The van der Waals surface area contributed by atoms with Crippen molar-refractivity contribution in [2.24, 2.45) is 5.92 Å². The summed E-state index contributed by atoms with van der Waals surface area (Å²) in [6, 6.07) is 14.7. The standard InChI is InChI=1S/C25H31N3O4S/c1-19-6-12-23(13-7-19)33(31,32)28-15-2-4-22(18-28)25(30)26-16-20-8-10-21(11-9-20)17-27-14-3-5-24(27)29/h6-13,22H,2-5,14-18H2,1H3,(H,26,30)/t22-/m1/s1. The number of nitrogens with one attached hydrogen (secondary N) is 1. The van der Waals surface area contributed by atoms with Gasteiger partial charge >= 0.3 is 0 Å². The lowest BCUT2D eigenvalue weighted by atomic mass is 9.98. The summed E-state index contributed by atoms with van der Waals surface area (Å²) in [4.78, 5) is 26.7. The molecular weight excluding hydrogens is 438 g/mol. The molecule has 176 valence electrons. The van der Waals surface area contributed by atoms with Crippen LogP contribution in [0.1, 0.15) is 42.4 Å². The monoisotopic (exact) mass is 469 g/mol. The molecule has 2 heterocycles. The molecule has 1 atom stereocenters. The molecule has 0 unspecified atom stereocenters. The molecule has 2 saturated heterocycles. The maximum absolute atomic E-state index is 13.0. The zero-order chi connectivity index (χ0) is 23.4. The van der Waals surface area contributed by atoms with Crippen molar-refractivity contribution in [3.05, 3.63) is 65.2 Å². The molecule has 0 aromatic heterocycles. The van der Waals surface area contributed by atoms with Crippen LogP contribution >= 0.6 is 0 Å². The molecule has 0 spiro atoms. The molecule has 0 bridgehead atoms. The second-order valence-electron chi connectivity index (χ2n) is 8.97. The van der Waals surface area contributed by atoms with Crippen molar-refractivity contribution in [1.29, 1.82) is 0 Å². The van der Waals surface area contributed by atoms with Crippen LogP contribution in [0.4, 0.5) is 0 Å². The number of carbonyl (C=O) groups excluding carboxylic acids is 2. The van der Waals surface area contributed by atoms with E-state index in [0.29, 0.717) is 38.9 Å². The van der Waals surface area contributed by atoms with Gasteiger partial charge in [-0.15, -0.1) is 0 Å². The quantitative estimate of drug-likeness (QED) is 0.676. The van der Waals surface area contributed by atoms with Crippen LogP contribution < -0.4 is 5.32 Å². The molecule has 1 N–H and O–H groups in total. The van der Waals surface area contributed by atoms with Crippen molar-refractivity contribution in [1.82, 2.24) is 14.5 Å². The summed E-state index contributed by atoms with van der Waals surface area (Å²) in [6.07, 6.45) is 2.89. The second-order valence-corrected chi connectivity index (χ2v) is 10.9. The number of amides is 2. The molecule has 4 rings (SSSR count). The molecule has 0 aliphatic carbocycles. The summed E-state index contributed by atoms with van der Waals surface area (Å²) in [5.41, 5.74) is 3.05. The Kier molecular flexibility index (Phi) is 7.14. The smallest absolute Gasteiger partial charge is 0.243 e. The SMILES string of the molecule is Cc1ccc(S(=O)(=O)N2CCC[C@@H](C(=O)NCc3ccc(CN4CCCC4=O)cc3)C2)cc1. The minimum absolute atomic E-state index is 0.120. The first-order valence-corrected chi connectivity index (χ1v) is 13.0. The van der Waals surface area contributed by atoms with Crippen molar-refractivity contribution in [3.8, 4) is 0 Å². The minimum atomic E-state index is -3.61. The summed E-state index contributed by atoms with van der Waals surface area (Å²) in [5, 5.41) is 2.96. The van der Waals surface area contributed by atoms with Crippen LogP contribution in [0.25, 0.3) is 0 Å². The van der Waals surface area contributed by atoms with Crippen molar-refractivity contribution >= 4 is 21.8 Å². The fraction of sp³-hybridized carbons (Fsp3) is 0.440. The van der Waals surface area contributed by atoms with E-state index in [1.807, 2.05) is 36.1 Å². The highest BCUT2D eigenvalue weighted by Crippen LogP contribution is 2.24. The maximum Gasteiger partial charge on any atom is 0.243 e. The maximum atomic E-state index is 13.0. The molecule has 33 heavy (non-hydrogen) atoms. The van der Waals surface area contributed by atoms with Crippen LogP contribution in [-0.2, 0) is 32.7 Å². The van der Waals surface area contributed by atoms with Crippen molar-refractivity contribution in [2.75, 3.05) is 19.6 Å². The van der Waals surface area contributed by atoms with Gasteiger partial charge in [-0.2, -0.15) is 4.31 Å². The number of piperidine rings is 1. The van der Waals surface area contributed by atoms with Gasteiger partial charge in [0.05, 0.1) is 10.8 Å². The topological polar surface area (TPSA) is 86.8 Å². The van der Waals surface area contributed by atoms with Crippen LogP contribution in [-0.4, -0.2) is 49.1 Å². The lowest BCUT2D eigenvalue weighted by Gasteiger charge is -2.31. The van der Waals surface area contributed by atoms with Gasteiger partial charge in [-0.1, -0.05) is 42.0 Å². The predicted molar refractivity (Wildman–Crippen MR) is 126 cm³/mol. The van der Waals surface area contributed by atoms with E-state index >= 15 is 0 Å². The third-order valence-corrected chi connectivity index (χ3v) is 8.33. The minimum Gasteiger partial charge on any atom is -0.352 e. The largest absolute Gasteiger partial charge is 0.352 e. The van der Waals surface area contributed by atoms with Crippen LogP contribution in [0.5, 0.6) is 0 Å². The average molecular weight is 470 g/mol.